The number of aromatic nitrogens is 1. The van der Waals surface area contributed by atoms with Gasteiger partial charge >= 0.3 is 6.18 Å². The number of nitrogens with zero attached hydrogens (tertiary/aromatic N) is 2. The number of amides is 1. The van der Waals surface area contributed by atoms with Gasteiger partial charge in [-0.2, -0.15) is 17.5 Å². The molecule has 1 N–H and O–H groups in total. The summed E-state index contributed by atoms with van der Waals surface area (Å²) in [5, 5.41) is 0.845. The van der Waals surface area contributed by atoms with Gasteiger partial charge in [-0.15, -0.1) is 0 Å². The molecular formula is C21H20F3N3O4S. The lowest BCUT2D eigenvalue weighted by molar-refractivity contribution is -0.137. The highest BCUT2D eigenvalue weighted by Crippen LogP contribution is 2.30. The molecular weight excluding hydrogens is 447 g/mol. The summed E-state index contributed by atoms with van der Waals surface area (Å²) in [7, 11) is -2.41. The van der Waals surface area contributed by atoms with Crippen molar-refractivity contribution in [1.29, 1.82) is 0 Å². The van der Waals surface area contributed by atoms with Crippen molar-refractivity contribution in [2.75, 3.05) is 33.3 Å². The summed E-state index contributed by atoms with van der Waals surface area (Å²) in [5.74, 6) is 0.396. The lowest BCUT2D eigenvalue weighted by Crippen LogP contribution is -2.50. The van der Waals surface area contributed by atoms with Crippen LogP contribution in [0.15, 0.2) is 53.4 Å². The van der Waals surface area contributed by atoms with Gasteiger partial charge in [0, 0.05) is 43.1 Å². The minimum absolute atomic E-state index is 0.0448. The molecule has 32 heavy (non-hydrogen) atoms. The van der Waals surface area contributed by atoms with Crippen LogP contribution in [0, 0.1) is 0 Å². The Balaban J connectivity index is 1.44. The highest BCUT2D eigenvalue weighted by molar-refractivity contribution is 7.89. The molecule has 170 valence electrons. The van der Waals surface area contributed by atoms with Crippen molar-refractivity contribution in [3.05, 3.63) is 59.8 Å². The molecule has 1 fully saturated rings. The molecule has 7 nitrogen and oxygen atoms in total. The molecule has 0 atom stereocenters. The van der Waals surface area contributed by atoms with Gasteiger partial charge in [0.1, 0.15) is 11.4 Å². The standard InChI is InChI=1S/C21H20F3N3O4S/c1-31-16-5-2-14-12-19(25-18(14)13-16)20(28)26-8-10-27(11-9-26)32(29,30)17-6-3-15(4-7-17)21(22,23)24/h2-7,12-13,25H,8-11H2,1H3. The number of nitrogens with one attached hydrogen (secondary N) is 1. The zero-order chi connectivity index (χ0) is 23.1. The number of H-pyrrole nitrogens is 1. The second kappa shape index (κ2) is 8.14. The molecule has 0 radical (unpaired) electrons. The Kier molecular flexibility index (Phi) is 5.63. The maximum atomic E-state index is 12.9. The van der Waals surface area contributed by atoms with E-state index >= 15 is 0 Å². The van der Waals surface area contributed by atoms with Crippen molar-refractivity contribution < 1.29 is 31.1 Å². The van der Waals surface area contributed by atoms with E-state index in [0.29, 0.717) is 11.4 Å². The van der Waals surface area contributed by atoms with Crippen LogP contribution in [0.5, 0.6) is 5.75 Å². The van der Waals surface area contributed by atoms with Crippen molar-refractivity contribution in [2.24, 2.45) is 0 Å². The van der Waals surface area contributed by atoms with Crippen LogP contribution < -0.4 is 4.74 Å². The minimum Gasteiger partial charge on any atom is -0.497 e. The molecule has 2 heterocycles. The topological polar surface area (TPSA) is 82.7 Å². The van der Waals surface area contributed by atoms with Gasteiger partial charge in [-0.3, -0.25) is 4.79 Å². The van der Waals surface area contributed by atoms with Gasteiger partial charge < -0.3 is 14.6 Å². The predicted molar refractivity (Wildman–Crippen MR) is 111 cm³/mol. The number of ether oxygens (including phenoxy) is 1. The van der Waals surface area contributed by atoms with Crippen LogP contribution in [0.3, 0.4) is 0 Å². The fourth-order valence-electron chi connectivity index (χ4n) is 3.62. The lowest BCUT2D eigenvalue weighted by Gasteiger charge is -2.33. The molecule has 0 bridgehead atoms. The number of rotatable bonds is 4. The number of methoxy groups -OCH3 is 1. The predicted octanol–water partition coefficient (Wildman–Crippen LogP) is 3.34. The number of sulfonamides is 1. The Bertz CT molecular complexity index is 1250. The number of alkyl halides is 3. The van der Waals surface area contributed by atoms with Crippen LogP contribution in [0.4, 0.5) is 13.2 Å². The first-order valence-corrected chi connectivity index (χ1v) is 11.2. The summed E-state index contributed by atoms with van der Waals surface area (Å²) < 4.78 is 70.1. The number of carbonyl (C=O) groups is 1. The fraction of sp³-hybridized carbons (Fsp3) is 0.286. The number of carbonyl (C=O) groups excluding carboxylic acids is 1. The normalized spacial score (nSPS) is 15.8. The molecule has 0 unspecified atom stereocenters. The fourth-order valence-corrected chi connectivity index (χ4v) is 5.04. The Morgan fingerprint density at radius 1 is 1.00 bits per heavy atom. The zero-order valence-corrected chi connectivity index (χ0v) is 17.8. The Morgan fingerprint density at radius 3 is 2.25 bits per heavy atom. The number of halogens is 3. The third kappa shape index (κ3) is 4.17. The largest absolute Gasteiger partial charge is 0.497 e. The van der Waals surface area contributed by atoms with Gasteiger partial charge in [-0.1, -0.05) is 0 Å². The molecule has 0 aliphatic carbocycles. The molecule has 0 saturated carbocycles. The molecule has 4 rings (SSSR count). The number of piperazine rings is 1. The van der Waals surface area contributed by atoms with E-state index in [2.05, 4.69) is 4.98 Å². The van der Waals surface area contributed by atoms with E-state index in [9.17, 15) is 26.4 Å². The van der Waals surface area contributed by atoms with E-state index in [-0.39, 0.29) is 37.0 Å². The molecule has 11 heteroatoms. The third-order valence-electron chi connectivity index (χ3n) is 5.41. The second-order valence-corrected chi connectivity index (χ2v) is 9.29. The lowest BCUT2D eigenvalue weighted by atomic mass is 10.2. The summed E-state index contributed by atoms with van der Waals surface area (Å²) >= 11 is 0. The first kappa shape index (κ1) is 22.2. The van der Waals surface area contributed by atoms with Crippen molar-refractivity contribution in [3.8, 4) is 5.75 Å². The zero-order valence-electron chi connectivity index (χ0n) is 17.0. The molecule has 0 spiro atoms. The molecule has 1 amide bonds. The first-order valence-electron chi connectivity index (χ1n) is 9.73. The van der Waals surface area contributed by atoms with Gasteiger partial charge in [0.15, 0.2) is 0 Å². The van der Waals surface area contributed by atoms with Crippen LogP contribution in [-0.4, -0.2) is 61.8 Å². The molecule has 1 aliphatic rings. The van der Waals surface area contributed by atoms with E-state index in [1.807, 2.05) is 6.07 Å². The van der Waals surface area contributed by atoms with Crippen LogP contribution in [0.1, 0.15) is 16.1 Å². The van der Waals surface area contributed by atoms with Gasteiger partial charge in [0.2, 0.25) is 10.0 Å². The number of aromatic amines is 1. The Hall–Kier alpha value is -3.05. The number of benzene rings is 2. The minimum atomic E-state index is -4.54. The van der Waals surface area contributed by atoms with Crippen molar-refractivity contribution >= 4 is 26.8 Å². The highest BCUT2D eigenvalue weighted by atomic mass is 32.2. The molecule has 2 aromatic carbocycles. The van der Waals surface area contributed by atoms with E-state index in [1.165, 1.54) is 4.31 Å². The van der Waals surface area contributed by atoms with E-state index in [1.54, 1.807) is 30.2 Å². The Morgan fingerprint density at radius 2 is 1.66 bits per heavy atom. The summed E-state index contributed by atoms with van der Waals surface area (Å²) in [6, 6.07) is 10.5. The average Bonchev–Trinajstić information content (AvgIpc) is 3.21. The summed E-state index contributed by atoms with van der Waals surface area (Å²) in [4.78, 5) is 17.3. The summed E-state index contributed by atoms with van der Waals surface area (Å²) in [6.07, 6.45) is -4.54. The molecule has 1 aliphatic heterocycles. The van der Waals surface area contributed by atoms with Crippen molar-refractivity contribution in [1.82, 2.24) is 14.2 Å². The number of hydrogen-bond acceptors (Lipinski definition) is 4. The van der Waals surface area contributed by atoms with Crippen molar-refractivity contribution in [2.45, 2.75) is 11.1 Å². The SMILES string of the molecule is COc1ccc2cc(C(=O)N3CCN(S(=O)(=O)c4ccc(C(F)(F)F)cc4)CC3)[nH]c2c1. The summed E-state index contributed by atoms with van der Waals surface area (Å²) in [6.45, 7) is 0.418. The van der Waals surface area contributed by atoms with Gasteiger partial charge in [-0.05, 0) is 42.5 Å². The van der Waals surface area contributed by atoms with Gasteiger partial charge in [0.05, 0.1) is 17.6 Å². The van der Waals surface area contributed by atoms with Crippen LogP contribution in [-0.2, 0) is 16.2 Å². The first-order chi connectivity index (χ1) is 15.1. The quantitative estimate of drug-likeness (QED) is 0.638. The molecule has 3 aromatic rings. The van der Waals surface area contributed by atoms with Gasteiger partial charge in [-0.25, -0.2) is 8.42 Å². The van der Waals surface area contributed by atoms with E-state index < -0.39 is 21.8 Å². The monoisotopic (exact) mass is 467 g/mol. The average molecular weight is 467 g/mol. The maximum absolute atomic E-state index is 12.9. The second-order valence-electron chi connectivity index (χ2n) is 7.35. The van der Waals surface area contributed by atoms with Crippen LogP contribution >= 0.6 is 0 Å². The molecule has 1 saturated heterocycles. The number of hydrogen-bond donors (Lipinski definition) is 1. The molecule has 1 aromatic heterocycles. The van der Waals surface area contributed by atoms with Gasteiger partial charge in [0.25, 0.3) is 5.91 Å². The van der Waals surface area contributed by atoms with Crippen LogP contribution in [0.2, 0.25) is 0 Å². The smallest absolute Gasteiger partial charge is 0.416 e. The maximum Gasteiger partial charge on any atom is 0.416 e. The van der Waals surface area contributed by atoms with Crippen molar-refractivity contribution in [3.63, 3.8) is 0 Å². The van der Waals surface area contributed by atoms with Crippen LogP contribution in [0.25, 0.3) is 10.9 Å². The van der Waals surface area contributed by atoms with E-state index in [0.717, 1.165) is 35.2 Å². The third-order valence-corrected chi connectivity index (χ3v) is 7.32. The Labute approximate surface area is 182 Å². The number of fused-ring (bicyclic) bond motifs is 1. The van der Waals surface area contributed by atoms with E-state index in [4.69, 9.17) is 4.74 Å². The highest BCUT2D eigenvalue weighted by Gasteiger charge is 2.33. The summed E-state index contributed by atoms with van der Waals surface area (Å²) in [5.41, 5.74) is 0.214.